The first kappa shape index (κ1) is 24.9. The van der Waals surface area contributed by atoms with Crippen LogP contribution < -0.4 is 14.4 Å². The molecule has 36 heavy (non-hydrogen) atoms. The van der Waals surface area contributed by atoms with Gasteiger partial charge in [-0.3, -0.25) is 19.5 Å². The summed E-state index contributed by atoms with van der Waals surface area (Å²) in [5.41, 5.74) is 1.000. The van der Waals surface area contributed by atoms with Crippen LogP contribution in [0.4, 0.5) is 5.13 Å². The molecule has 0 aliphatic carbocycles. The molecule has 1 amide bonds. The molecule has 2 aromatic heterocycles. The normalized spacial score (nSPS) is 16.8. The molecule has 1 atom stereocenters. The maximum Gasteiger partial charge on any atom is 0.350 e. The summed E-state index contributed by atoms with van der Waals surface area (Å²) in [7, 11) is 2.72. The zero-order valence-corrected chi connectivity index (χ0v) is 20.8. The summed E-state index contributed by atoms with van der Waals surface area (Å²) in [6.45, 7) is 3.85. The zero-order valence-electron chi connectivity index (χ0n) is 20.0. The van der Waals surface area contributed by atoms with Gasteiger partial charge in [0.25, 0.3) is 5.78 Å². The van der Waals surface area contributed by atoms with Crippen LogP contribution in [0.25, 0.3) is 5.76 Å². The summed E-state index contributed by atoms with van der Waals surface area (Å²) < 4.78 is 15.9. The van der Waals surface area contributed by atoms with Crippen LogP contribution >= 0.6 is 11.3 Å². The SMILES string of the molecule is CCOc1ccc(C2/C(=C(\O)c3ccncc3)C(=O)C(=O)N2c2nc(C)c(C(=O)OC)s2)cc1OC. The Morgan fingerprint density at radius 1 is 1.14 bits per heavy atom. The summed E-state index contributed by atoms with van der Waals surface area (Å²) in [6.07, 6.45) is 2.93. The first-order valence-corrected chi connectivity index (χ1v) is 11.7. The fourth-order valence-electron chi connectivity index (χ4n) is 3.91. The maximum atomic E-state index is 13.3. The molecule has 0 saturated carbocycles. The molecule has 1 aliphatic rings. The van der Waals surface area contributed by atoms with E-state index >= 15 is 0 Å². The molecule has 3 aromatic rings. The van der Waals surface area contributed by atoms with E-state index < -0.39 is 23.7 Å². The fourth-order valence-corrected chi connectivity index (χ4v) is 4.92. The van der Waals surface area contributed by atoms with Gasteiger partial charge in [-0.15, -0.1) is 0 Å². The molecule has 1 unspecified atom stereocenters. The number of methoxy groups -OCH3 is 2. The third kappa shape index (κ3) is 4.29. The van der Waals surface area contributed by atoms with Gasteiger partial charge in [0.2, 0.25) is 0 Å². The number of thiazole rings is 1. The highest BCUT2D eigenvalue weighted by atomic mass is 32.1. The van der Waals surface area contributed by atoms with Crippen LogP contribution in [0.15, 0.2) is 48.3 Å². The molecule has 3 heterocycles. The Hall–Kier alpha value is -4.25. The Kier molecular flexibility index (Phi) is 7.02. The molecule has 0 spiro atoms. The summed E-state index contributed by atoms with van der Waals surface area (Å²) in [5, 5.41) is 11.3. The lowest BCUT2D eigenvalue weighted by molar-refractivity contribution is -0.132. The monoisotopic (exact) mass is 509 g/mol. The van der Waals surface area contributed by atoms with Gasteiger partial charge in [0.1, 0.15) is 10.6 Å². The van der Waals surface area contributed by atoms with Crippen molar-refractivity contribution in [2.45, 2.75) is 19.9 Å². The van der Waals surface area contributed by atoms with Gasteiger partial charge in [0, 0.05) is 18.0 Å². The molecule has 1 saturated heterocycles. The summed E-state index contributed by atoms with van der Waals surface area (Å²) in [4.78, 5) is 48.5. The number of esters is 1. The Labute approximate surface area is 210 Å². The van der Waals surface area contributed by atoms with E-state index in [4.69, 9.17) is 14.2 Å². The predicted octanol–water partition coefficient (Wildman–Crippen LogP) is 3.67. The molecule has 186 valence electrons. The highest BCUT2D eigenvalue weighted by Gasteiger charge is 2.48. The summed E-state index contributed by atoms with van der Waals surface area (Å²) in [5.74, 6) is -1.90. The van der Waals surface area contributed by atoms with Crippen LogP contribution in [0, 0.1) is 6.92 Å². The number of aliphatic hydroxyl groups excluding tert-OH is 1. The number of Topliss-reactive ketones (excluding diaryl/α,β-unsaturated/α-hetero) is 1. The molecule has 0 bridgehead atoms. The van der Waals surface area contributed by atoms with Gasteiger partial charge < -0.3 is 19.3 Å². The number of aromatic nitrogens is 2. The van der Waals surface area contributed by atoms with Crippen LogP contribution in [-0.2, 0) is 14.3 Å². The van der Waals surface area contributed by atoms with Crippen molar-refractivity contribution in [3.8, 4) is 11.5 Å². The van der Waals surface area contributed by atoms with Crippen LogP contribution in [0.2, 0.25) is 0 Å². The third-order valence-corrected chi connectivity index (χ3v) is 6.70. The van der Waals surface area contributed by atoms with Gasteiger partial charge in [-0.05, 0) is 43.7 Å². The van der Waals surface area contributed by atoms with Crippen molar-refractivity contribution in [2.24, 2.45) is 0 Å². The minimum atomic E-state index is -1.06. The van der Waals surface area contributed by atoms with E-state index in [2.05, 4.69) is 9.97 Å². The Balaban J connectivity index is 1.95. The van der Waals surface area contributed by atoms with Crippen LogP contribution in [0.1, 0.15) is 39.5 Å². The summed E-state index contributed by atoms with van der Waals surface area (Å²) >= 11 is 0.922. The molecule has 11 heteroatoms. The number of carbonyl (C=O) groups excluding carboxylic acids is 3. The van der Waals surface area contributed by atoms with Crippen LogP contribution in [0.5, 0.6) is 11.5 Å². The number of anilines is 1. The topological polar surface area (TPSA) is 128 Å². The van der Waals surface area contributed by atoms with E-state index in [1.54, 1.807) is 25.1 Å². The number of rotatable bonds is 7. The predicted molar refractivity (Wildman–Crippen MR) is 131 cm³/mol. The van der Waals surface area contributed by atoms with Crippen molar-refractivity contribution in [2.75, 3.05) is 25.7 Å². The first-order chi connectivity index (χ1) is 17.3. The van der Waals surface area contributed by atoms with Gasteiger partial charge >= 0.3 is 11.9 Å². The van der Waals surface area contributed by atoms with Gasteiger partial charge in [-0.2, -0.15) is 0 Å². The van der Waals surface area contributed by atoms with Crippen LogP contribution in [0.3, 0.4) is 0 Å². The smallest absolute Gasteiger partial charge is 0.350 e. The molecular weight excluding hydrogens is 486 g/mol. The number of ether oxygens (including phenoxy) is 3. The molecular formula is C25H23N3O7S. The lowest BCUT2D eigenvalue weighted by Crippen LogP contribution is -2.29. The number of amides is 1. The number of hydrogen-bond donors (Lipinski definition) is 1. The van der Waals surface area contributed by atoms with Crippen LogP contribution in [-0.4, -0.2) is 53.6 Å². The van der Waals surface area contributed by atoms with E-state index in [0.717, 1.165) is 11.3 Å². The highest BCUT2D eigenvalue weighted by molar-refractivity contribution is 7.17. The number of nitrogens with zero attached hydrogens (tertiary/aromatic N) is 3. The number of benzene rings is 1. The molecule has 1 aliphatic heterocycles. The number of aryl methyl sites for hydroxylation is 1. The standard InChI is InChI=1S/C25H23N3O7S/c1-5-35-16-7-6-15(12-17(16)33-3)19-18(20(29)14-8-10-26-11-9-14)21(30)23(31)28(19)25-27-13(2)22(36-25)24(32)34-4/h6-12,19,29H,5H2,1-4H3/b20-18+. The van der Waals surface area contributed by atoms with Crippen molar-refractivity contribution in [3.63, 3.8) is 0 Å². The fraction of sp³-hybridized carbons (Fsp3) is 0.240. The van der Waals surface area contributed by atoms with Crippen molar-refractivity contribution in [1.82, 2.24) is 9.97 Å². The molecule has 4 rings (SSSR count). The largest absolute Gasteiger partial charge is 0.507 e. The number of carbonyl (C=O) groups is 3. The lowest BCUT2D eigenvalue weighted by atomic mass is 9.95. The second-order valence-corrected chi connectivity index (χ2v) is 8.63. The zero-order chi connectivity index (χ0) is 26.0. The third-order valence-electron chi connectivity index (χ3n) is 5.56. The molecule has 1 aromatic carbocycles. The quantitative estimate of drug-likeness (QED) is 0.220. The van der Waals surface area contributed by atoms with E-state index in [-0.39, 0.29) is 21.3 Å². The average molecular weight is 510 g/mol. The number of pyridine rings is 1. The van der Waals surface area contributed by atoms with E-state index in [9.17, 15) is 19.5 Å². The van der Waals surface area contributed by atoms with Crippen molar-refractivity contribution < 1.29 is 33.7 Å². The lowest BCUT2D eigenvalue weighted by Gasteiger charge is -2.24. The average Bonchev–Trinajstić information content (AvgIpc) is 3.40. The molecule has 1 fully saturated rings. The number of aliphatic hydroxyl groups is 1. The number of ketones is 1. The Morgan fingerprint density at radius 2 is 1.86 bits per heavy atom. The molecule has 0 radical (unpaired) electrons. The molecule has 10 nitrogen and oxygen atoms in total. The van der Waals surface area contributed by atoms with E-state index in [1.807, 2.05) is 6.92 Å². The Bertz CT molecular complexity index is 1370. The second kappa shape index (κ2) is 10.2. The van der Waals surface area contributed by atoms with Crippen molar-refractivity contribution in [3.05, 3.63) is 70.0 Å². The van der Waals surface area contributed by atoms with Crippen molar-refractivity contribution >= 4 is 39.9 Å². The maximum absolute atomic E-state index is 13.3. The second-order valence-electron chi connectivity index (χ2n) is 7.65. The van der Waals surface area contributed by atoms with E-state index in [0.29, 0.717) is 34.9 Å². The molecule has 1 N–H and O–H groups in total. The van der Waals surface area contributed by atoms with Gasteiger partial charge in [0.05, 0.1) is 38.1 Å². The van der Waals surface area contributed by atoms with E-state index in [1.165, 1.54) is 43.6 Å². The van der Waals surface area contributed by atoms with Gasteiger partial charge in [-0.1, -0.05) is 17.4 Å². The minimum absolute atomic E-state index is 0.113. The number of hydrogen-bond acceptors (Lipinski definition) is 10. The first-order valence-electron chi connectivity index (χ1n) is 10.9. The van der Waals surface area contributed by atoms with Crippen molar-refractivity contribution in [1.29, 1.82) is 0 Å². The minimum Gasteiger partial charge on any atom is -0.507 e. The Morgan fingerprint density at radius 3 is 2.50 bits per heavy atom. The van der Waals surface area contributed by atoms with Gasteiger partial charge in [0.15, 0.2) is 16.6 Å². The van der Waals surface area contributed by atoms with Gasteiger partial charge in [-0.25, -0.2) is 9.78 Å². The highest BCUT2D eigenvalue weighted by Crippen LogP contribution is 2.45. The summed E-state index contributed by atoms with van der Waals surface area (Å²) in [6, 6.07) is 6.98.